The molecular formula is C10H22N2OS. The molecule has 0 fully saturated rings. The first kappa shape index (κ1) is 13.8. The van der Waals surface area contributed by atoms with Crippen LogP contribution in [0.1, 0.15) is 27.2 Å². The Morgan fingerprint density at radius 3 is 2.50 bits per heavy atom. The second-order valence-electron chi connectivity index (χ2n) is 3.34. The van der Waals surface area contributed by atoms with E-state index in [4.69, 9.17) is 0 Å². The third-order valence-corrected chi connectivity index (χ3v) is 2.83. The molecule has 0 radical (unpaired) electrons. The summed E-state index contributed by atoms with van der Waals surface area (Å²) in [6.45, 7) is 6.68. The standard InChI is InChI=1S/C10H22N2OS/c1-5-9(7-14-4)12-8(3)10(13)11-6-2/h8-9,12H,5-7H2,1-4H3,(H,11,13). The van der Waals surface area contributed by atoms with Crippen molar-refractivity contribution in [2.24, 2.45) is 0 Å². The van der Waals surface area contributed by atoms with Crippen LogP contribution < -0.4 is 10.6 Å². The first-order valence-corrected chi connectivity index (χ1v) is 6.57. The summed E-state index contributed by atoms with van der Waals surface area (Å²) in [5, 5.41) is 6.13. The van der Waals surface area contributed by atoms with Gasteiger partial charge in [0.25, 0.3) is 0 Å². The van der Waals surface area contributed by atoms with Gasteiger partial charge in [0.05, 0.1) is 6.04 Å². The second kappa shape index (κ2) is 8.12. The second-order valence-corrected chi connectivity index (χ2v) is 4.25. The Bertz CT molecular complexity index is 164. The number of nitrogens with one attached hydrogen (secondary N) is 2. The highest BCUT2D eigenvalue weighted by Crippen LogP contribution is 2.02. The molecule has 0 aromatic heterocycles. The molecule has 14 heavy (non-hydrogen) atoms. The maximum atomic E-state index is 11.4. The van der Waals surface area contributed by atoms with E-state index in [2.05, 4.69) is 23.8 Å². The van der Waals surface area contributed by atoms with Gasteiger partial charge in [-0.25, -0.2) is 0 Å². The smallest absolute Gasteiger partial charge is 0.236 e. The number of carbonyl (C=O) groups excluding carboxylic acids is 1. The predicted molar refractivity (Wildman–Crippen MR) is 63.7 cm³/mol. The van der Waals surface area contributed by atoms with E-state index in [1.165, 1.54) is 0 Å². The zero-order valence-corrected chi connectivity index (χ0v) is 10.4. The van der Waals surface area contributed by atoms with Gasteiger partial charge in [-0.2, -0.15) is 11.8 Å². The molecule has 0 heterocycles. The lowest BCUT2D eigenvalue weighted by Gasteiger charge is -2.20. The van der Waals surface area contributed by atoms with Crippen molar-refractivity contribution in [3.05, 3.63) is 0 Å². The SMILES string of the molecule is CCNC(=O)C(C)NC(CC)CSC. The van der Waals surface area contributed by atoms with E-state index >= 15 is 0 Å². The molecule has 0 saturated carbocycles. The third kappa shape index (κ3) is 5.50. The highest BCUT2D eigenvalue weighted by atomic mass is 32.2. The summed E-state index contributed by atoms with van der Waals surface area (Å²) >= 11 is 1.81. The van der Waals surface area contributed by atoms with E-state index in [0.29, 0.717) is 12.6 Å². The van der Waals surface area contributed by atoms with Gasteiger partial charge in [0.2, 0.25) is 5.91 Å². The summed E-state index contributed by atoms with van der Waals surface area (Å²) in [4.78, 5) is 11.4. The predicted octanol–water partition coefficient (Wildman–Crippen LogP) is 1.24. The summed E-state index contributed by atoms with van der Waals surface area (Å²) in [6.07, 6.45) is 3.14. The Balaban J connectivity index is 3.88. The highest BCUT2D eigenvalue weighted by molar-refractivity contribution is 7.98. The van der Waals surface area contributed by atoms with Crippen LogP contribution in [0.25, 0.3) is 0 Å². The van der Waals surface area contributed by atoms with Crippen molar-refractivity contribution < 1.29 is 4.79 Å². The Labute approximate surface area is 91.4 Å². The van der Waals surface area contributed by atoms with Gasteiger partial charge in [0, 0.05) is 18.3 Å². The van der Waals surface area contributed by atoms with Crippen LogP contribution in [0.15, 0.2) is 0 Å². The van der Waals surface area contributed by atoms with E-state index in [-0.39, 0.29) is 11.9 Å². The monoisotopic (exact) mass is 218 g/mol. The molecule has 4 heteroatoms. The molecule has 0 aliphatic rings. The van der Waals surface area contributed by atoms with Crippen molar-refractivity contribution in [1.82, 2.24) is 10.6 Å². The van der Waals surface area contributed by atoms with Crippen LogP contribution >= 0.6 is 11.8 Å². The number of amides is 1. The van der Waals surface area contributed by atoms with Crippen LogP contribution in [-0.4, -0.2) is 36.5 Å². The first-order chi connectivity index (χ1) is 6.65. The third-order valence-electron chi connectivity index (χ3n) is 2.09. The summed E-state index contributed by atoms with van der Waals surface area (Å²) in [5.41, 5.74) is 0. The molecule has 0 aliphatic heterocycles. The number of likely N-dealkylation sites (N-methyl/N-ethyl adjacent to an activating group) is 1. The molecule has 0 spiro atoms. The normalized spacial score (nSPS) is 14.9. The van der Waals surface area contributed by atoms with Crippen LogP contribution in [0, 0.1) is 0 Å². The molecule has 0 saturated heterocycles. The molecule has 2 N–H and O–H groups in total. The van der Waals surface area contributed by atoms with Gasteiger partial charge in [-0.3, -0.25) is 4.79 Å². The molecule has 0 aliphatic carbocycles. The summed E-state index contributed by atoms with van der Waals surface area (Å²) in [5.74, 6) is 1.15. The van der Waals surface area contributed by atoms with Crippen LogP contribution in [0.3, 0.4) is 0 Å². The van der Waals surface area contributed by atoms with Crippen molar-refractivity contribution in [2.45, 2.75) is 39.3 Å². The maximum Gasteiger partial charge on any atom is 0.236 e. The summed E-state index contributed by atoms with van der Waals surface area (Å²) < 4.78 is 0. The van der Waals surface area contributed by atoms with Gasteiger partial charge in [-0.15, -0.1) is 0 Å². The van der Waals surface area contributed by atoms with Gasteiger partial charge >= 0.3 is 0 Å². The quantitative estimate of drug-likeness (QED) is 0.675. The van der Waals surface area contributed by atoms with Gasteiger partial charge in [0.1, 0.15) is 0 Å². The summed E-state index contributed by atoms with van der Waals surface area (Å²) in [7, 11) is 0. The lowest BCUT2D eigenvalue weighted by Crippen LogP contribution is -2.47. The van der Waals surface area contributed by atoms with Gasteiger partial charge < -0.3 is 10.6 Å². The largest absolute Gasteiger partial charge is 0.355 e. The van der Waals surface area contributed by atoms with E-state index in [1.54, 1.807) is 0 Å². The van der Waals surface area contributed by atoms with Crippen molar-refractivity contribution in [1.29, 1.82) is 0 Å². The van der Waals surface area contributed by atoms with Crippen molar-refractivity contribution in [3.8, 4) is 0 Å². The fraction of sp³-hybridized carbons (Fsp3) is 0.900. The lowest BCUT2D eigenvalue weighted by atomic mass is 10.2. The van der Waals surface area contributed by atoms with Crippen LogP contribution in [0.2, 0.25) is 0 Å². The molecule has 0 bridgehead atoms. The van der Waals surface area contributed by atoms with Crippen molar-refractivity contribution in [3.63, 3.8) is 0 Å². The van der Waals surface area contributed by atoms with Crippen molar-refractivity contribution >= 4 is 17.7 Å². The minimum absolute atomic E-state index is 0.0899. The molecule has 3 nitrogen and oxygen atoms in total. The topological polar surface area (TPSA) is 41.1 Å². The van der Waals surface area contributed by atoms with E-state index in [0.717, 1.165) is 12.2 Å². The van der Waals surface area contributed by atoms with Crippen LogP contribution in [-0.2, 0) is 4.79 Å². The number of hydrogen-bond acceptors (Lipinski definition) is 3. The van der Waals surface area contributed by atoms with Crippen LogP contribution in [0.5, 0.6) is 0 Å². The fourth-order valence-electron chi connectivity index (χ4n) is 1.24. The van der Waals surface area contributed by atoms with Crippen molar-refractivity contribution in [2.75, 3.05) is 18.6 Å². The van der Waals surface area contributed by atoms with Gasteiger partial charge in [0.15, 0.2) is 0 Å². The number of carbonyl (C=O) groups is 1. The Kier molecular flexibility index (Phi) is 7.99. The zero-order valence-electron chi connectivity index (χ0n) is 9.59. The minimum Gasteiger partial charge on any atom is -0.355 e. The fourth-order valence-corrected chi connectivity index (χ4v) is 1.98. The molecule has 0 aromatic carbocycles. The van der Waals surface area contributed by atoms with E-state index in [1.807, 2.05) is 25.6 Å². The van der Waals surface area contributed by atoms with E-state index < -0.39 is 0 Å². The number of thioether (sulfide) groups is 1. The lowest BCUT2D eigenvalue weighted by molar-refractivity contribution is -0.122. The Morgan fingerprint density at radius 1 is 1.43 bits per heavy atom. The molecule has 0 rings (SSSR count). The average molecular weight is 218 g/mol. The molecule has 2 unspecified atom stereocenters. The van der Waals surface area contributed by atoms with Crippen LogP contribution in [0.4, 0.5) is 0 Å². The Hall–Kier alpha value is -0.220. The van der Waals surface area contributed by atoms with Gasteiger partial charge in [-0.05, 0) is 26.5 Å². The maximum absolute atomic E-state index is 11.4. The zero-order chi connectivity index (χ0) is 11.0. The molecular weight excluding hydrogens is 196 g/mol. The number of hydrogen-bond donors (Lipinski definition) is 2. The average Bonchev–Trinajstić information content (AvgIpc) is 2.17. The molecule has 0 aromatic rings. The molecule has 84 valence electrons. The molecule has 1 amide bonds. The van der Waals surface area contributed by atoms with E-state index in [9.17, 15) is 4.79 Å². The first-order valence-electron chi connectivity index (χ1n) is 5.18. The van der Waals surface area contributed by atoms with Gasteiger partial charge in [-0.1, -0.05) is 6.92 Å². The Morgan fingerprint density at radius 2 is 2.07 bits per heavy atom. The minimum atomic E-state index is -0.0907. The summed E-state index contributed by atoms with van der Waals surface area (Å²) in [6, 6.07) is 0.342. The highest BCUT2D eigenvalue weighted by Gasteiger charge is 2.15. The number of rotatable bonds is 7. The molecule has 2 atom stereocenters.